The molecule has 0 saturated carbocycles. The van der Waals surface area contributed by atoms with Gasteiger partial charge in [0.05, 0.1) is 12.5 Å². The molecule has 1 N–H and O–H groups in total. The molecule has 0 atom stereocenters. The first-order valence-corrected chi connectivity index (χ1v) is 5.36. The van der Waals surface area contributed by atoms with Gasteiger partial charge >= 0.3 is 0 Å². The van der Waals surface area contributed by atoms with Crippen molar-refractivity contribution in [3.63, 3.8) is 0 Å². The van der Waals surface area contributed by atoms with E-state index in [1.807, 2.05) is 6.07 Å². The summed E-state index contributed by atoms with van der Waals surface area (Å²) < 4.78 is 5.01. The predicted octanol–water partition coefficient (Wildman–Crippen LogP) is 1.96. The Labute approximate surface area is 92.5 Å². The molecule has 0 aliphatic rings. The minimum absolute atomic E-state index is 0.299. The Morgan fingerprint density at radius 1 is 1.40 bits per heavy atom. The minimum Gasteiger partial charge on any atom is -0.472 e. The summed E-state index contributed by atoms with van der Waals surface area (Å²) in [7, 11) is 4.22. The highest BCUT2D eigenvalue weighted by Gasteiger charge is 2.17. The van der Waals surface area contributed by atoms with E-state index in [0.29, 0.717) is 5.41 Å². The highest BCUT2D eigenvalue weighted by molar-refractivity contribution is 5.04. The number of hydrogen-bond acceptors (Lipinski definition) is 3. The topological polar surface area (TPSA) is 28.4 Å². The molecule has 3 nitrogen and oxygen atoms in total. The molecule has 0 aliphatic heterocycles. The van der Waals surface area contributed by atoms with Crippen LogP contribution in [-0.2, 0) is 6.54 Å². The second kappa shape index (κ2) is 5.33. The summed E-state index contributed by atoms with van der Waals surface area (Å²) in [6.07, 6.45) is 3.49. The van der Waals surface area contributed by atoms with Crippen LogP contribution in [0.2, 0.25) is 0 Å². The Bertz CT molecular complexity index is 265. The van der Waals surface area contributed by atoms with E-state index in [2.05, 4.69) is 38.2 Å². The van der Waals surface area contributed by atoms with Crippen LogP contribution in [0.15, 0.2) is 23.0 Å². The zero-order valence-electron chi connectivity index (χ0n) is 10.2. The molecule has 1 rings (SSSR count). The third kappa shape index (κ3) is 5.00. The summed E-state index contributed by atoms with van der Waals surface area (Å²) in [6, 6.07) is 1.99. The van der Waals surface area contributed by atoms with Gasteiger partial charge in [0, 0.05) is 25.2 Å². The average molecular weight is 210 g/mol. The van der Waals surface area contributed by atoms with Crippen molar-refractivity contribution in [1.29, 1.82) is 0 Å². The normalized spacial score (nSPS) is 12.3. The maximum absolute atomic E-state index is 5.01. The molecule has 3 heteroatoms. The van der Waals surface area contributed by atoms with Crippen LogP contribution >= 0.6 is 0 Å². The monoisotopic (exact) mass is 210 g/mol. The summed E-state index contributed by atoms with van der Waals surface area (Å²) in [5.74, 6) is 0. The van der Waals surface area contributed by atoms with Gasteiger partial charge in [-0.1, -0.05) is 13.8 Å². The molecule has 0 aromatic carbocycles. The van der Waals surface area contributed by atoms with Crippen LogP contribution in [0.25, 0.3) is 0 Å². The van der Waals surface area contributed by atoms with Crippen molar-refractivity contribution < 1.29 is 4.42 Å². The molecule has 1 heterocycles. The van der Waals surface area contributed by atoms with Crippen molar-refractivity contribution in [1.82, 2.24) is 10.2 Å². The highest BCUT2D eigenvalue weighted by Crippen LogP contribution is 2.14. The van der Waals surface area contributed by atoms with Gasteiger partial charge in [-0.05, 0) is 25.6 Å². The SMILES string of the molecule is CN(C)CC(C)(C)CNCc1ccoc1. The number of furan rings is 1. The molecule has 1 aromatic heterocycles. The van der Waals surface area contributed by atoms with Gasteiger partial charge in [0.1, 0.15) is 0 Å². The van der Waals surface area contributed by atoms with Crippen molar-refractivity contribution >= 4 is 0 Å². The Kier molecular flexibility index (Phi) is 4.36. The highest BCUT2D eigenvalue weighted by atomic mass is 16.3. The summed E-state index contributed by atoms with van der Waals surface area (Å²) in [4.78, 5) is 2.22. The number of rotatable bonds is 6. The molecule has 0 radical (unpaired) electrons. The lowest BCUT2D eigenvalue weighted by atomic mass is 9.93. The third-order valence-corrected chi connectivity index (χ3v) is 2.26. The first kappa shape index (κ1) is 12.3. The van der Waals surface area contributed by atoms with E-state index in [9.17, 15) is 0 Å². The Balaban J connectivity index is 2.24. The lowest BCUT2D eigenvalue weighted by Crippen LogP contribution is -2.37. The number of nitrogens with one attached hydrogen (secondary N) is 1. The standard InChI is InChI=1S/C12H22N2O/c1-12(2,10-14(3)4)9-13-7-11-5-6-15-8-11/h5-6,8,13H,7,9-10H2,1-4H3. The fourth-order valence-corrected chi connectivity index (χ4v) is 1.85. The molecule has 0 bridgehead atoms. The fourth-order valence-electron chi connectivity index (χ4n) is 1.85. The van der Waals surface area contributed by atoms with Crippen LogP contribution in [0.3, 0.4) is 0 Å². The second-order valence-corrected chi connectivity index (χ2v) is 5.14. The lowest BCUT2D eigenvalue weighted by Gasteiger charge is -2.28. The Morgan fingerprint density at radius 3 is 2.67 bits per heavy atom. The lowest BCUT2D eigenvalue weighted by molar-refractivity contribution is 0.232. The average Bonchev–Trinajstić information content (AvgIpc) is 2.53. The van der Waals surface area contributed by atoms with E-state index in [1.165, 1.54) is 5.56 Å². The van der Waals surface area contributed by atoms with E-state index in [-0.39, 0.29) is 0 Å². The zero-order chi connectivity index (χ0) is 11.3. The molecular weight excluding hydrogens is 188 g/mol. The molecule has 0 fully saturated rings. The van der Waals surface area contributed by atoms with Crippen molar-refractivity contribution in [3.05, 3.63) is 24.2 Å². The molecule has 0 saturated heterocycles. The predicted molar refractivity (Wildman–Crippen MR) is 62.7 cm³/mol. The zero-order valence-corrected chi connectivity index (χ0v) is 10.2. The first-order chi connectivity index (χ1) is 6.99. The van der Waals surface area contributed by atoms with Crippen molar-refractivity contribution in [2.24, 2.45) is 5.41 Å². The Morgan fingerprint density at radius 2 is 2.13 bits per heavy atom. The number of nitrogens with zero attached hydrogens (tertiary/aromatic N) is 1. The maximum Gasteiger partial charge on any atom is 0.0947 e. The third-order valence-electron chi connectivity index (χ3n) is 2.26. The maximum atomic E-state index is 5.01. The summed E-state index contributed by atoms with van der Waals surface area (Å²) in [5, 5.41) is 3.45. The summed E-state index contributed by atoms with van der Waals surface area (Å²) in [6.45, 7) is 7.53. The van der Waals surface area contributed by atoms with Gasteiger partial charge in [-0.25, -0.2) is 0 Å². The molecule has 1 aromatic rings. The van der Waals surface area contributed by atoms with Crippen molar-refractivity contribution in [3.8, 4) is 0 Å². The van der Waals surface area contributed by atoms with Gasteiger partial charge in [0.25, 0.3) is 0 Å². The molecular formula is C12H22N2O. The van der Waals surface area contributed by atoms with Gasteiger partial charge in [-0.3, -0.25) is 0 Å². The summed E-state index contributed by atoms with van der Waals surface area (Å²) >= 11 is 0. The van der Waals surface area contributed by atoms with E-state index >= 15 is 0 Å². The van der Waals surface area contributed by atoms with E-state index in [1.54, 1.807) is 12.5 Å². The first-order valence-electron chi connectivity index (χ1n) is 5.36. The van der Waals surface area contributed by atoms with Gasteiger partial charge in [0.2, 0.25) is 0 Å². The van der Waals surface area contributed by atoms with Gasteiger partial charge in [0.15, 0.2) is 0 Å². The van der Waals surface area contributed by atoms with Crippen LogP contribution in [0.5, 0.6) is 0 Å². The van der Waals surface area contributed by atoms with E-state index < -0.39 is 0 Å². The van der Waals surface area contributed by atoms with Gasteiger partial charge < -0.3 is 14.6 Å². The molecule has 0 spiro atoms. The number of hydrogen-bond donors (Lipinski definition) is 1. The van der Waals surface area contributed by atoms with Gasteiger partial charge in [-0.15, -0.1) is 0 Å². The molecule has 0 aliphatic carbocycles. The molecule has 86 valence electrons. The smallest absolute Gasteiger partial charge is 0.0947 e. The van der Waals surface area contributed by atoms with Crippen LogP contribution < -0.4 is 5.32 Å². The molecule has 0 amide bonds. The van der Waals surface area contributed by atoms with Gasteiger partial charge in [-0.2, -0.15) is 0 Å². The van der Waals surface area contributed by atoms with E-state index in [4.69, 9.17) is 4.42 Å². The van der Waals surface area contributed by atoms with E-state index in [0.717, 1.165) is 19.6 Å². The van der Waals surface area contributed by atoms with Crippen LogP contribution in [-0.4, -0.2) is 32.1 Å². The van der Waals surface area contributed by atoms with Crippen LogP contribution in [0.4, 0.5) is 0 Å². The quantitative estimate of drug-likeness (QED) is 0.778. The molecule has 0 unspecified atom stereocenters. The summed E-state index contributed by atoms with van der Waals surface area (Å²) in [5.41, 5.74) is 1.50. The van der Waals surface area contributed by atoms with Crippen LogP contribution in [0, 0.1) is 5.41 Å². The fraction of sp³-hybridized carbons (Fsp3) is 0.667. The Hall–Kier alpha value is -0.800. The van der Waals surface area contributed by atoms with Crippen molar-refractivity contribution in [2.45, 2.75) is 20.4 Å². The largest absolute Gasteiger partial charge is 0.472 e. The second-order valence-electron chi connectivity index (χ2n) is 5.14. The molecule has 15 heavy (non-hydrogen) atoms. The minimum atomic E-state index is 0.299. The van der Waals surface area contributed by atoms with Crippen LogP contribution in [0.1, 0.15) is 19.4 Å². The van der Waals surface area contributed by atoms with Crippen molar-refractivity contribution in [2.75, 3.05) is 27.2 Å².